The summed E-state index contributed by atoms with van der Waals surface area (Å²) in [6, 6.07) is 38.8. The quantitative estimate of drug-likeness (QED) is 0.230. The van der Waals surface area contributed by atoms with E-state index in [0.29, 0.717) is 0 Å². The zero-order valence-corrected chi connectivity index (χ0v) is 21.6. The molecule has 4 aromatic carbocycles. The van der Waals surface area contributed by atoms with Crippen molar-refractivity contribution < 1.29 is 0 Å². The standard InChI is InChI=1S/C34H20N4S/c1-3-15-27-21(9-1)25-13-7-19-35-33(25)37(27)29-17-5-11-23-24-12-6-18-30(32(24)39-31(23)29)38-28-16-4-2-10-22(28)26-14-8-20-36-34(26)38/h1-20H. The Kier molecular flexibility index (Phi) is 4.18. The molecule has 0 bridgehead atoms. The summed E-state index contributed by atoms with van der Waals surface area (Å²) in [6.07, 6.45) is 3.77. The summed E-state index contributed by atoms with van der Waals surface area (Å²) in [6.45, 7) is 0. The molecule has 0 saturated heterocycles. The number of hydrogen-bond donors (Lipinski definition) is 0. The van der Waals surface area contributed by atoms with Crippen LogP contribution < -0.4 is 0 Å². The zero-order valence-electron chi connectivity index (χ0n) is 20.7. The molecule has 5 heteroatoms. The molecule has 0 aliphatic rings. The van der Waals surface area contributed by atoms with E-state index in [1.54, 1.807) is 0 Å². The maximum Gasteiger partial charge on any atom is 0.145 e. The predicted octanol–water partition coefficient (Wildman–Crippen LogP) is 9.04. The normalized spacial score (nSPS) is 12.1. The molecule has 0 radical (unpaired) electrons. The molecule has 0 aliphatic heterocycles. The number of aromatic nitrogens is 4. The third kappa shape index (κ3) is 2.77. The highest BCUT2D eigenvalue weighted by atomic mass is 32.1. The molecule has 39 heavy (non-hydrogen) atoms. The van der Waals surface area contributed by atoms with Crippen LogP contribution >= 0.6 is 11.3 Å². The van der Waals surface area contributed by atoms with E-state index in [-0.39, 0.29) is 0 Å². The average Bonchev–Trinajstić information content (AvgIpc) is 3.65. The second-order valence-electron chi connectivity index (χ2n) is 9.86. The minimum absolute atomic E-state index is 0.982. The molecule has 0 N–H and O–H groups in total. The van der Waals surface area contributed by atoms with Crippen molar-refractivity contribution in [3.05, 3.63) is 122 Å². The van der Waals surface area contributed by atoms with Gasteiger partial charge >= 0.3 is 0 Å². The molecule has 182 valence electrons. The Bertz CT molecular complexity index is 2130. The number of rotatable bonds is 2. The van der Waals surface area contributed by atoms with E-state index >= 15 is 0 Å². The van der Waals surface area contributed by atoms with Crippen molar-refractivity contribution in [2.45, 2.75) is 0 Å². The lowest BCUT2D eigenvalue weighted by atomic mass is 10.1. The van der Waals surface area contributed by atoms with Crippen molar-refractivity contribution in [2.24, 2.45) is 0 Å². The van der Waals surface area contributed by atoms with Crippen LogP contribution in [-0.2, 0) is 0 Å². The van der Waals surface area contributed by atoms with E-state index in [1.807, 2.05) is 35.9 Å². The number of fused-ring (bicyclic) bond motifs is 9. The first kappa shape index (κ1) is 21.0. The highest BCUT2D eigenvalue weighted by molar-refractivity contribution is 7.26. The molecule has 5 aromatic heterocycles. The van der Waals surface area contributed by atoms with Crippen LogP contribution in [0.5, 0.6) is 0 Å². The third-order valence-electron chi connectivity index (χ3n) is 7.83. The fourth-order valence-electron chi connectivity index (χ4n) is 6.22. The van der Waals surface area contributed by atoms with E-state index in [2.05, 4.69) is 106 Å². The maximum atomic E-state index is 4.84. The van der Waals surface area contributed by atoms with Crippen molar-refractivity contribution >= 4 is 75.4 Å². The molecule has 5 heterocycles. The summed E-state index contributed by atoms with van der Waals surface area (Å²) >= 11 is 1.85. The van der Waals surface area contributed by atoms with Gasteiger partial charge in [-0.3, -0.25) is 9.13 Å². The van der Waals surface area contributed by atoms with Gasteiger partial charge in [-0.1, -0.05) is 60.7 Å². The zero-order chi connectivity index (χ0) is 25.5. The van der Waals surface area contributed by atoms with E-state index in [9.17, 15) is 0 Å². The van der Waals surface area contributed by atoms with Crippen LogP contribution in [0.1, 0.15) is 0 Å². The summed E-state index contributed by atoms with van der Waals surface area (Å²) in [5.74, 6) is 0. The second kappa shape index (κ2) is 7.76. The molecule has 9 rings (SSSR count). The molecule has 0 amide bonds. The number of thiophene rings is 1. The Morgan fingerprint density at radius 3 is 1.36 bits per heavy atom. The van der Waals surface area contributed by atoms with Gasteiger partial charge < -0.3 is 0 Å². The summed E-state index contributed by atoms with van der Waals surface area (Å²) in [7, 11) is 0. The lowest BCUT2D eigenvalue weighted by molar-refractivity contribution is 1.15. The number of nitrogens with zero attached hydrogens (tertiary/aromatic N) is 4. The van der Waals surface area contributed by atoms with Gasteiger partial charge in [-0.2, -0.15) is 0 Å². The van der Waals surface area contributed by atoms with Gasteiger partial charge in [0.15, 0.2) is 0 Å². The van der Waals surface area contributed by atoms with Crippen molar-refractivity contribution in [3.63, 3.8) is 0 Å². The smallest absolute Gasteiger partial charge is 0.145 e. The Morgan fingerprint density at radius 2 is 0.846 bits per heavy atom. The Balaban J connectivity index is 1.41. The average molecular weight is 517 g/mol. The van der Waals surface area contributed by atoms with Crippen molar-refractivity contribution in [3.8, 4) is 11.4 Å². The van der Waals surface area contributed by atoms with Crippen molar-refractivity contribution in [1.82, 2.24) is 19.1 Å². The molecular weight excluding hydrogens is 496 g/mol. The summed E-state index contributed by atoms with van der Waals surface area (Å²) < 4.78 is 7.15. The molecule has 0 fully saturated rings. The van der Waals surface area contributed by atoms with Gasteiger partial charge in [0.2, 0.25) is 0 Å². The molecule has 4 nitrogen and oxygen atoms in total. The van der Waals surface area contributed by atoms with Gasteiger partial charge in [0.1, 0.15) is 11.3 Å². The fraction of sp³-hybridized carbons (Fsp3) is 0. The van der Waals surface area contributed by atoms with Crippen LogP contribution in [0.2, 0.25) is 0 Å². The SMILES string of the molecule is c1cc(-n2c3ccccc3c3cccnc32)c2sc3c(-n4c5ccccc5c5cccnc54)cccc3c2c1. The van der Waals surface area contributed by atoms with Gasteiger partial charge in [0, 0.05) is 44.7 Å². The molecule has 0 unspecified atom stereocenters. The number of benzene rings is 4. The van der Waals surface area contributed by atoms with E-state index in [4.69, 9.17) is 9.97 Å². The number of para-hydroxylation sites is 2. The van der Waals surface area contributed by atoms with E-state index in [1.165, 1.54) is 52.8 Å². The first-order valence-corrected chi connectivity index (χ1v) is 13.8. The maximum absolute atomic E-state index is 4.84. The minimum Gasteiger partial charge on any atom is -0.292 e. The summed E-state index contributed by atoms with van der Waals surface area (Å²) in [5.41, 5.74) is 6.62. The lowest BCUT2D eigenvalue weighted by Crippen LogP contribution is -1.95. The summed E-state index contributed by atoms with van der Waals surface area (Å²) in [5, 5.41) is 7.29. The molecule has 0 aliphatic carbocycles. The Labute approximate surface area is 227 Å². The van der Waals surface area contributed by atoms with Gasteiger partial charge in [-0.05, 0) is 48.5 Å². The molecule has 0 saturated carbocycles. The Hall–Kier alpha value is -5.00. The van der Waals surface area contributed by atoms with Crippen molar-refractivity contribution in [1.29, 1.82) is 0 Å². The second-order valence-corrected chi connectivity index (χ2v) is 10.9. The van der Waals surface area contributed by atoms with Crippen LogP contribution in [0, 0.1) is 0 Å². The van der Waals surface area contributed by atoms with Gasteiger partial charge in [-0.15, -0.1) is 11.3 Å². The lowest BCUT2D eigenvalue weighted by Gasteiger charge is -2.08. The summed E-state index contributed by atoms with van der Waals surface area (Å²) in [4.78, 5) is 9.67. The third-order valence-corrected chi connectivity index (χ3v) is 9.10. The molecule has 0 spiro atoms. The largest absolute Gasteiger partial charge is 0.292 e. The first-order valence-electron chi connectivity index (χ1n) is 13.0. The topological polar surface area (TPSA) is 35.6 Å². The predicted molar refractivity (Wildman–Crippen MR) is 164 cm³/mol. The van der Waals surface area contributed by atoms with Gasteiger partial charge in [0.05, 0.1) is 31.8 Å². The van der Waals surface area contributed by atoms with Crippen LogP contribution in [-0.4, -0.2) is 19.1 Å². The molecule has 9 aromatic rings. The van der Waals surface area contributed by atoms with Crippen LogP contribution in [0.4, 0.5) is 0 Å². The van der Waals surface area contributed by atoms with E-state index in [0.717, 1.165) is 22.7 Å². The Morgan fingerprint density at radius 1 is 0.410 bits per heavy atom. The minimum atomic E-state index is 0.982. The number of pyridine rings is 2. The first-order chi connectivity index (χ1) is 19.4. The highest BCUT2D eigenvalue weighted by Gasteiger charge is 2.20. The molecule has 0 atom stereocenters. The monoisotopic (exact) mass is 516 g/mol. The van der Waals surface area contributed by atoms with Crippen molar-refractivity contribution in [2.75, 3.05) is 0 Å². The van der Waals surface area contributed by atoms with E-state index < -0.39 is 0 Å². The highest BCUT2D eigenvalue weighted by Crippen LogP contribution is 2.43. The number of hydrogen-bond acceptors (Lipinski definition) is 3. The van der Waals surface area contributed by atoms with Crippen LogP contribution in [0.25, 0.3) is 75.4 Å². The van der Waals surface area contributed by atoms with Crippen LogP contribution in [0.15, 0.2) is 122 Å². The van der Waals surface area contributed by atoms with Gasteiger partial charge in [0.25, 0.3) is 0 Å². The van der Waals surface area contributed by atoms with Crippen LogP contribution in [0.3, 0.4) is 0 Å². The molecular formula is C34H20N4S. The van der Waals surface area contributed by atoms with Gasteiger partial charge in [-0.25, -0.2) is 9.97 Å². The fourth-order valence-corrected chi connectivity index (χ4v) is 7.53.